The van der Waals surface area contributed by atoms with E-state index in [1.807, 2.05) is 0 Å². The van der Waals surface area contributed by atoms with Crippen LogP contribution in [0.4, 0.5) is 10.1 Å². The molecule has 0 amide bonds. The molecular weight excluding hydrogens is 217 g/mol. The van der Waals surface area contributed by atoms with Gasteiger partial charge in [0.05, 0.1) is 5.69 Å². The first-order chi connectivity index (χ1) is 8.27. The molecule has 0 spiro atoms. The third kappa shape index (κ3) is 2.65. The van der Waals surface area contributed by atoms with Crippen LogP contribution >= 0.6 is 0 Å². The van der Waals surface area contributed by atoms with Crippen molar-refractivity contribution in [1.82, 2.24) is 0 Å². The first kappa shape index (κ1) is 12.1. The standard InChI is InChI=1S/C14H18FNO/c1-2-3-9-16(12-7-8-12)14-11(10-17)5-4-6-13(14)15/h4-6,10,12H,2-3,7-9H2,1H3. The van der Waals surface area contributed by atoms with Crippen molar-refractivity contribution in [3.05, 3.63) is 29.6 Å². The summed E-state index contributed by atoms with van der Waals surface area (Å²) in [7, 11) is 0. The van der Waals surface area contributed by atoms with Gasteiger partial charge < -0.3 is 4.90 Å². The van der Waals surface area contributed by atoms with Crippen LogP contribution in [0.3, 0.4) is 0 Å². The summed E-state index contributed by atoms with van der Waals surface area (Å²) >= 11 is 0. The van der Waals surface area contributed by atoms with E-state index < -0.39 is 0 Å². The SMILES string of the molecule is CCCCN(c1c(F)cccc1C=O)C1CC1. The molecule has 1 fully saturated rings. The molecule has 92 valence electrons. The Hall–Kier alpha value is -1.38. The Labute approximate surface area is 101 Å². The lowest BCUT2D eigenvalue weighted by molar-refractivity contribution is 0.112. The molecule has 2 rings (SSSR count). The number of unbranched alkanes of at least 4 members (excludes halogenated alkanes) is 1. The maximum Gasteiger partial charge on any atom is 0.152 e. The van der Waals surface area contributed by atoms with Gasteiger partial charge in [0, 0.05) is 18.2 Å². The number of para-hydroxylation sites is 1. The maximum absolute atomic E-state index is 13.9. The number of nitrogens with zero attached hydrogens (tertiary/aromatic N) is 1. The van der Waals surface area contributed by atoms with Gasteiger partial charge in [-0.3, -0.25) is 4.79 Å². The number of aldehydes is 1. The van der Waals surface area contributed by atoms with Gasteiger partial charge in [-0.05, 0) is 31.4 Å². The Kier molecular flexibility index (Phi) is 3.77. The van der Waals surface area contributed by atoms with E-state index >= 15 is 0 Å². The third-order valence-corrected chi connectivity index (χ3v) is 3.17. The van der Waals surface area contributed by atoms with Gasteiger partial charge in [-0.15, -0.1) is 0 Å². The average Bonchev–Trinajstić information content (AvgIpc) is 3.15. The minimum Gasteiger partial charge on any atom is -0.366 e. The lowest BCUT2D eigenvalue weighted by Gasteiger charge is -2.26. The molecule has 0 heterocycles. The number of benzene rings is 1. The minimum absolute atomic E-state index is 0.280. The van der Waals surface area contributed by atoms with Crippen molar-refractivity contribution in [1.29, 1.82) is 0 Å². The zero-order valence-electron chi connectivity index (χ0n) is 10.2. The number of rotatable bonds is 6. The van der Waals surface area contributed by atoms with Gasteiger partial charge in [0.1, 0.15) is 5.82 Å². The fraction of sp³-hybridized carbons (Fsp3) is 0.500. The lowest BCUT2D eigenvalue weighted by Crippen LogP contribution is -2.28. The fourth-order valence-electron chi connectivity index (χ4n) is 2.12. The zero-order chi connectivity index (χ0) is 12.3. The maximum atomic E-state index is 13.9. The van der Waals surface area contributed by atoms with Gasteiger partial charge in [0.2, 0.25) is 0 Å². The highest BCUT2D eigenvalue weighted by Crippen LogP contribution is 2.35. The minimum atomic E-state index is -0.280. The average molecular weight is 235 g/mol. The molecular formula is C14H18FNO. The zero-order valence-corrected chi connectivity index (χ0v) is 10.2. The molecule has 0 aliphatic heterocycles. The van der Waals surface area contributed by atoms with Crippen LogP contribution in [0.15, 0.2) is 18.2 Å². The first-order valence-corrected chi connectivity index (χ1v) is 6.28. The summed E-state index contributed by atoms with van der Waals surface area (Å²) in [5.41, 5.74) is 0.964. The summed E-state index contributed by atoms with van der Waals surface area (Å²) in [6.45, 7) is 2.95. The van der Waals surface area contributed by atoms with E-state index in [0.717, 1.165) is 38.5 Å². The molecule has 0 radical (unpaired) electrons. The predicted octanol–water partition coefficient (Wildman–Crippen LogP) is 3.41. The van der Waals surface area contributed by atoms with Crippen LogP contribution in [-0.4, -0.2) is 18.9 Å². The predicted molar refractivity (Wildman–Crippen MR) is 67.1 cm³/mol. The summed E-state index contributed by atoms with van der Waals surface area (Å²) < 4.78 is 13.9. The Morgan fingerprint density at radius 2 is 2.24 bits per heavy atom. The van der Waals surface area contributed by atoms with Crippen LogP contribution in [0.5, 0.6) is 0 Å². The molecule has 0 saturated heterocycles. The van der Waals surface area contributed by atoms with Crippen LogP contribution in [-0.2, 0) is 0 Å². The summed E-state index contributed by atoms with van der Waals surface area (Å²) in [5.74, 6) is -0.280. The molecule has 0 unspecified atom stereocenters. The number of carbonyl (C=O) groups excluding carboxylic acids is 1. The van der Waals surface area contributed by atoms with Crippen molar-refractivity contribution in [3.63, 3.8) is 0 Å². The van der Waals surface area contributed by atoms with Crippen LogP contribution in [0.2, 0.25) is 0 Å². The van der Waals surface area contributed by atoms with Crippen molar-refractivity contribution < 1.29 is 9.18 Å². The van der Waals surface area contributed by atoms with Crippen LogP contribution in [0, 0.1) is 5.82 Å². The topological polar surface area (TPSA) is 20.3 Å². The molecule has 1 aromatic rings. The molecule has 0 atom stereocenters. The van der Waals surface area contributed by atoms with Gasteiger partial charge in [-0.1, -0.05) is 19.4 Å². The monoisotopic (exact) mass is 235 g/mol. The van der Waals surface area contributed by atoms with Crippen LogP contribution in [0.1, 0.15) is 43.0 Å². The Bertz CT molecular complexity index is 401. The van der Waals surface area contributed by atoms with Gasteiger partial charge >= 0.3 is 0 Å². The van der Waals surface area contributed by atoms with E-state index in [1.54, 1.807) is 12.1 Å². The summed E-state index contributed by atoms with van der Waals surface area (Å²) in [4.78, 5) is 13.1. The normalized spacial score (nSPS) is 14.7. The highest BCUT2D eigenvalue weighted by molar-refractivity contribution is 5.85. The second-order valence-electron chi connectivity index (χ2n) is 4.57. The van der Waals surface area contributed by atoms with Gasteiger partial charge in [-0.2, -0.15) is 0 Å². The quantitative estimate of drug-likeness (QED) is 0.704. The van der Waals surface area contributed by atoms with Crippen molar-refractivity contribution >= 4 is 12.0 Å². The van der Waals surface area contributed by atoms with Crippen molar-refractivity contribution in [2.24, 2.45) is 0 Å². The number of anilines is 1. The lowest BCUT2D eigenvalue weighted by atomic mass is 10.1. The van der Waals surface area contributed by atoms with Crippen LogP contribution in [0.25, 0.3) is 0 Å². The molecule has 1 aliphatic carbocycles. The molecule has 0 aromatic heterocycles. The molecule has 17 heavy (non-hydrogen) atoms. The second-order valence-corrected chi connectivity index (χ2v) is 4.57. The van der Waals surface area contributed by atoms with Gasteiger partial charge in [0.25, 0.3) is 0 Å². The molecule has 3 heteroatoms. The summed E-state index contributed by atoms with van der Waals surface area (Å²) in [6.07, 6.45) is 5.07. The Morgan fingerprint density at radius 3 is 2.82 bits per heavy atom. The molecule has 0 bridgehead atoms. The van der Waals surface area contributed by atoms with E-state index in [-0.39, 0.29) is 5.82 Å². The largest absolute Gasteiger partial charge is 0.366 e. The molecule has 2 nitrogen and oxygen atoms in total. The van der Waals surface area contributed by atoms with E-state index in [4.69, 9.17) is 0 Å². The van der Waals surface area contributed by atoms with Crippen molar-refractivity contribution in [2.75, 3.05) is 11.4 Å². The number of halogens is 1. The molecule has 1 aromatic carbocycles. The molecule has 0 N–H and O–H groups in total. The highest BCUT2D eigenvalue weighted by atomic mass is 19.1. The smallest absolute Gasteiger partial charge is 0.152 e. The number of hydrogen-bond acceptors (Lipinski definition) is 2. The van der Waals surface area contributed by atoms with Crippen LogP contribution < -0.4 is 4.90 Å². The van der Waals surface area contributed by atoms with E-state index in [9.17, 15) is 9.18 Å². The van der Waals surface area contributed by atoms with E-state index in [1.165, 1.54) is 6.07 Å². The van der Waals surface area contributed by atoms with Gasteiger partial charge in [0.15, 0.2) is 6.29 Å². The van der Waals surface area contributed by atoms with Gasteiger partial charge in [-0.25, -0.2) is 4.39 Å². The van der Waals surface area contributed by atoms with E-state index in [2.05, 4.69) is 11.8 Å². The summed E-state index contributed by atoms with van der Waals surface area (Å²) in [5, 5.41) is 0. The third-order valence-electron chi connectivity index (χ3n) is 3.17. The summed E-state index contributed by atoms with van der Waals surface area (Å²) in [6, 6.07) is 5.14. The number of hydrogen-bond donors (Lipinski definition) is 0. The van der Waals surface area contributed by atoms with E-state index in [0.29, 0.717) is 17.3 Å². The number of carbonyl (C=O) groups is 1. The fourth-order valence-corrected chi connectivity index (χ4v) is 2.12. The molecule has 1 aliphatic rings. The second kappa shape index (κ2) is 5.30. The van der Waals surface area contributed by atoms with Crippen molar-refractivity contribution in [2.45, 2.75) is 38.6 Å². The first-order valence-electron chi connectivity index (χ1n) is 6.28. The highest BCUT2D eigenvalue weighted by Gasteiger charge is 2.31. The van der Waals surface area contributed by atoms with Crippen molar-refractivity contribution in [3.8, 4) is 0 Å². The Morgan fingerprint density at radius 1 is 1.47 bits per heavy atom. The molecule has 1 saturated carbocycles. The Balaban J connectivity index is 2.30.